The third-order valence-corrected chi connectivity index (χ3v) is 8.02. The summed E-state index contributed by atoms with van der Waals surface area (Å²) in [6, 6.07) is 40.7. The lowest BCUT2D eigenvalue weighted by atomic mass is 9.91. The van der Waals surface area contributed by atoms with Crippen molar-refractivity contribution in [1.82, 2.24) is 4.40 Å². The molecule has 0 unspecified atom stereocenters. The molecule has 2 heterocycles. The van der Waals surface area contributed by atoms with E-state index in [9.17, 15) is 0 Å². The SMILES string of the molecule is CC(C)c1ccccc1-c1cc2c3cc4ccccc4cc3n3c4cc5ccccc5cc4c(c1)c23. The molecule has 170 valence electrons. The van der Waals surface area contributed by atoms with Crippen LogP contribution in [0.4, 0.5) is 0 Å². The van der Waals surface area contributed by atoms with Crippen molar-refractivity contribution in [3.8, 4) is 11.1 Å². The van der Waals surface area contributed by atoms with Gasteiger partial charge in [-0.3, -0.25) is 0 Å². The van der Waals surface area contributed by atoms with E-state index < -0.39 is 0 Å². The van der Waals surface area contributed by atoms with Crippen molar-refractivity contribution in [3.05, 3.63) is 115 Å². The molecule has 0 atom stereocenters. The molecule has 0 saturated heterocycles. The van der Waals surface area contributed by atoms with Gasteiger partial charge in [0.1, 0.15) is 0 Å². The highest BCUT2D eigenvalue weighted by atomic mass is 14.9. The Labute approximate surface area is 209 Å². The summed E-state index contributed by atoms with van der Waals surface area (Å²) in [5.74, 6) is 0.465. The zero-order chi connectivity index (χ0) is 24.0. The molecule has 0 aliphatic heterocycles. The maximum absolute atomic E-state index is 2.51. The molecule has 6 aromatic carbocycles. The lowest BCUT2D eigenvalue weighted by Gasteiger charge is -2.13. The zero-order valence-corrected chi connectivity index (χ0v) is 20.4. The largest absolute Gasteiger partial charge is 0.308 e. The van der Waals surface area contributed by atoms with Gasteiger partial charge in [0, 0.05) is 21.5 Å². The Kier molecular flexibility index (Phi) is 3.92. The van der Waals surface area contributed by atoms with Gasteiger partial charge in [-0.1, -0.05) is 86.6 Å². The van der Waals surface area contributed by atoms with Gasteiger partial charge in [-0.05, 0) is 80.6 Å². The third-order valence-electron chi connectivity index (χ3n) is 8.02. The Morgan fingerprint density at radius 2 is 0.972 bits per heavy atom. The van der Waals surface area contributed by atoms with Crippen LogP contribution in [-0.2, 0) is 0 Å². The van der Waals surface area contributed by atoms with Gasteiger partial charge in [-0.25, -0.2) is 0 Å². The normalized spacial score (nSPS) is 12.4. The molecular formula is C35H25N. The number of rotatable bonds is 2. The number of benzene rings is 6. The molecule has 0 spiro atoms. The average Bonchev–Trinajstić information content (AvgIpc) is 3.40. The maximum Gasteiger partial charge on any atom is 0.0620 e. The van der Waals surface area contributed by atoms with E-state index in [1.165, 1.54) is 76.3 Å². The topological polar surface area (TPSA) is 4.41 Å². The van der Waals surface area contributed by atoms with Crippen LogP contribution in [0, 0.1) is 0 Å². The highest BCUT2D eigenvalue weighted by molar-refractivity contribution is 6.27. The van der Waals surface area contributed by atoms with Gasteiger partial charge in [0.25, 0.3) is 0 Å². The quantitative estimate of drug-likeness (QED) is 0.242. The van der Waals surface area contributed by atoms with Crippen LogP contribution >= 0.6 is 0 Å². The number of aromatic nitrogens is 1. The minimum Gasteiger partial charge on any atom is -0.308 e. The van der Waals surface area contributed by atoms with Crippen LogP contribution in [0.1, 0.15) is 25.3 Å². The molecule has 1 heteroatoms. The first-order chi connectivity index (χ1) is 17.7. The van der Waals surface area contributed by atoms with E-state index in [4.69, 9.17) is 0 Å². The minimum atomic E-state index is 0.465. The van der Waals surface area contributed by atoms with Crippen LogP contribution in [-0.4, -0.2) is 4.40 Å². The molecular weight excluding hydrogens is 434 g/mol. The van der Waals surface area contributed by atoms with E-state index in [-0.39, 0.29) is 0 Å². The number of nitrogens with zero attached hydrogens (tertiary/aromatic N) is 1. The van der Waals surface area contributed by atoms with Gasteiger partial charge in [0.2, 0.25) is 0 Å². The molecule has 0 aliphatic carbocycles. The monoisotopic (exact) mass is 459 g/mol. The summed E-state index contributed by atoms with van der Waals surface area (Å²) in [6.07, 6.45) is 0. The Bertz CT molecular complexity index is 2000. The summed E-state index contributed by atoms with van der Waals surface area (Å²) in [5.41, 5.74) is 7.93. The molecule has 0 amide bonds. The molecule has 0 radical (unpaired) electrons. The molecule has 0 fully saturated rings. The van der Waals surface area contributed by atoms with Crippen LogP contribution in [0.25, 0.3) is 70.8 Å². The first-order valence-corrected chi connectivity index (χ1v) is 12.8. The highest BCUT2D eigenvalue weighted by Crippen LogP contribution is 2.44. The average molecular weight is 460 g/mol. The maximum atomic E-state index is 2.51. The van der Waals surface area contributed by atoms with Crippen LogP contribution in [0.5, 0.6) is 0 Å². The fourth-order valence-electron chi connectivity index (χ4n) is 6.33. The number of hydrogen-bond donors (Lipinski definition) is 0. The summed E-state index contributed by atoms with van der Waals surface area (Å²) in [7, 11) is 0. The second-order valence-corrected chi connectivity index (χ2v) is 10.4. The van der Waals surface area contributed by atoms with Crippen molar-refractivity contribution >= 4 is 59.6 Å². The predicted octanol–water partition coefficient (Wildman–Crippen LogP) is 9.93. The van der Waals surface area contributed by atoms with Crippen molar-refractivity contribution in [2.24, 2.45) is 0 Å². The second-order valence-electron chi connectivity index (χ2n) is 10.4. The zero-order valence-electron chi connectivity index (χ0n) is 20.4. The van der Waals surface area contributed by atoms with E-state index in [2.05, 4.69) is 127 Å². The third kappa shape index (κ3) is 2.60. The van der Waals surface area contributed by atoms with Gasteiger partial charge in [-0.2, -0.15) is 0 Å². The molecule has 0 N–H and O–H groups in total. The van der Waals surface area contributed by atoms with E-state index in [1.54, 1.807) is 0 Å². The molecule has 1 nitrogen and oxygen atoms in total. The Morgan fingerprint density at radius 1 is 0.500 bits per heavy atom. The van der Waals surface area contributed by atoms with Gasteiger partial charge >= 0.3 is 0 Å². The molecule has 2 aromatic heterocycles. The van der Waals surface area contributed by atoms with E-state index in [0.29, 0.717) is 5.92 Å². The van der Waals surface area contributed by atoms with Gasteiger partial charge in [0.15, 0.2) is 0 Å². The van der Waals surface area contributed by atoms with Crippen molar-refractivity contribution in [1.29, 1.82) is 0 Å². The first-order valence-electron chi connectivity index (χ1n) is 12.8. The smallest absolute Gasteiger partial charge is 0.0620 e. The van der Waals surface area contributed by atoms with Gasteiger partial charge in [-0.15, -0.1) is 0 Å². The number of fused-ring (bicyclic) bond motifs is 8. The predicted molar refractivity (Wildman–Crippen MR) is 156 cm³/mol. The van der Waals surface area contributed by atoms with E-state index >= 15 is 0 Å². The van der Waals surface area contributed by atoms with Crippen molar-refractivity contribution < 1.29 is 0 Å². The standard InChI is InChI=1S/C35H25N/c1-21(2)27-13-7-8-14-28(27)26-17-31-29-15-22-9-3-5-11-24(22)19-33(29)36-34-20-25-12-6-4-10-23(25)16-30(34)32(18-26)35(31)36/h3-21H,1-2H3. The van der Waals surface area contributed by atoms with Crippen LogP contribution in [0.3, 0.4) is 0 Å². The fraction of sp³-hybridized carbons (Fsp3) is 0.0857. The van der Waals surface area contributed by atoms with Crippen LogP contribution in [0.15, 0.2) is 109 Å². The van der Waals surface area contributed by atoms with Gasteiger partial charge in [0.05, 0.1) is 16.6 Å². The fourth-order valence-corrected chi connectivity index (χ4v) is 6.33. The summed E-state index contributed by atoms with van der Waals surface area (Å²) >= 11 is 0. The molecule has 0 bridgehead atoms. The second kappa shape index (κ2) is 7.08. The minimum absolute atomic E-state index is 0.465. The molecule has 8 aromatic rings. The summed E-state index contributed by atoms with van der Waals surface area (Å²) in [6.45, 7) is 4.58. The first kappa shape index (κ1) is 19.9. The number of hydrogen-bond acceptors (Lipinski definition) is 0. The summed E-state index contributed by atoms with van der Waals surface area (Å²) in [5, 5.41) is 10.5. The van der Waals surface area contributed by atoms with Crippen molar-refractivity contribution in [3.63, 3.8) is 0 Å². The molecule has 36 heavy (non-hydrogen) atoms. The van der Waals surface area contributed by atoms with Crippen LogP contribution < -0.4 is 0 Å². The highest BCUT2D eigenvalue weighted by Gasteiger charge is 2.20. The van der Waals surface area contributed by atoms with E-state index in [0.717, 1.165) is 0 Å². The Hall–Kier alpha value is -4.36. The summed E-state index contributed by atoms with van der Waals surface area (Å²) in [4.78, 5) is 0. The van der Waals surface area contributed by atoms with Gasteiger partial charge < -0.3 is 4.40 Å². The van der Waals surface area contributed by atoms with E-state index in [1.807, 2.05) is 0 Å². The Balaban J connectivity index is 1.62. The summed E-state index contributed by atoms with van der Waals surface area (Å²) < 4.78 is 2.51. The van der Waals surface area contributed by atoms with Crippen molar-refractivity contribution in [2.45, 2.75) is 19.8 Å². The van der Waals surface area contributed by atoms with Crippen LogP contribution in [0.2, 0.25) is 0 Å². The van der Waals surface area contributed by atoms with Crippen molar-refractivity contribution in [2.75, 3.05) is 0 Å². The lowest BCUT2D eigenvalue weighted by molar-refractivity contribution is 0.869. The molecule has 8 rings (SSSR count). The Morgan fingerprint density at radius 3 is 1.50 bits per heavy atom. The lowest BCUT2D eigenvalue weighted by Crippen LogP contribution is -1.92. The molecule has 0 saturated carbocycles. The molecule has 0 aliphatic rings.